The highest BCUT2D eigenvalue weighted by Crippen LogP contribution is 2.29. The van der Waals surface area contributed by atoms with Gasteiger partial charge in [-0.1, -0.05) is 12.1 Å². The van der Waals surface area contributed by atoms with E-state index in [-0.39, 0.29) is 22.7 Å². The van der Waals surface area contributed by atoms with Gasteiger partial charge in [0, 0.05) is 0 Å². The highest BCUT2D eigenvalue weighted by atomic mass is 16.6. The molecule has 8 nitrogen and oxygen atoms in total. The van der Waals surface area contributed by atoms with Gasteiger partial charge in [0.25, 0.3) is 11.6 Å². The van der Waals surface area contributed by atoms with Crippen LogP contribution in [0.2, 0.25) is 0 Å². The van der Waals surface area contributed by atoms with Gasteiger partial charge < -0.3 is 14.8 Å². The summed E-state index contributed by atoms with van der Waals surface area (Å²) in [6.07, 6.45) is 1.38. The second kappa shape index (κ2) is 8.30. The quantitative estimate of drug-likeness (QED) is 0.369. The van der Waals surface area contributed by atoms with E-state index >= 15 is 0 Å². The van der Waals surface area contributed by atoms with Gasteiger partial charge in [-0.3, -0.25) is 14.9 Å². The Hall–Kier alpha value is -3.86. The van der Waals surface area contributed by atoms with Crippen LogP contribution in [0.3, 0.4) is 0 Å². The maximum absolute atomic E-state index is 12.3. The summed E-state index contributed by atoms with van der Waals surface area (Å²) in [5.74, 6) is 0.166. The van der Waals surface area contributed by atoms with Crippen LogP contribution in [0.4, 0.5) is 11.4 Å². The van der Waals surface area contributed by atoms with Crippen molar-refractivity contribution < 1.29 is 19.2 Å². The number of methoxy groups -OCH3 is 2. The van der Waals surface area contributed by atoms with Gasteiger partial charge in [-0.25, -0.2) is 0 Å². The van der Waals surface area contributed by atoms with Crippen molar-refractivity contribution in [2.75, 3.05) is 19.5 Å². The second-order valence-corrected chi connectivity index (χ2v) is 5.04. The Morgan fingerprint density at radius 2 is 1.77 bits per heavy atom. The van der Waals surface area contributed by atoms with Crippen LogP contribution in [0.25, 0.3) is 6.08 Å². The lowest BCUT2D eigenvalue weighted by molar-refractivity contribution is -0.384. The SMILES string of the molecule is COc1ccc(/C=C(\C#N)C(=O)Nc2ccc(OC)cc2[N+](=O)[O-])cc1. The molecule has 26 heavy (non-hydrogen) atoms. The van der Waals surface area contributed by atoms with Gasteiger partial charge in [-0.2, -0.15) is 5.26 Å². The summed E-state index contributed by atoms with van der Waals surface area (Å²) in [7, 11) is 2.91. The highest BCUT2D eigenvalue weighted by Gasteiger charge is 2.19. The predicted octanol–water partition coefficient (Wildman–Crippen LogP) is 3.16. The van der Waals surface area contributed by atoms with Crippen molar-refractivity contribution in [1.82, 2.24) is 0 Å². The number of nitrogens with one attached hydrogen (secondary N) is 1. The van der Waals surface area contributed by atoms with Crippen molar-refractivity contribution in [2.24, 2.45) is 0 Å². The molecular weight excluding hydrogens is 338 g/mol. The van der Waals surface area contributed by atoms with E-state index in [0.717, 1.165) is 0 Å². The fourth-order valence-electron chi connectivity index (χ4n) is 2.10. The number of hydrogen-bond donors (Lipinski definition) is 1. The number of ether oxygens (including phenoxy) is 2. The summed E-state index contributed by atoms with van der Waals surface area (Å²) < 4.78 is 9.98. The number of nitrogens with zero attached hydrogens (tertiary/aromatic N) is 2. The predicted molar refractivity (Wildman–Crippen MR) is 94.9 cm³/mol. The van der Waals surface area contributed by atoms with Gasteiger partial charge >= 0.3 is 0 Å². The van der Waals surface area contributed by atoms with Gasteiger partial charge in [0.05, 0.1) is 25.2 Å². The summed E-state index contributed by atoms with van der Waals surface area (Å²) in [4.78, 5) is 22.8. The minimum atomic E-state index is -0.753. The van der Waals surface area contributed by atoms with Gasteiger partial charge in [-0.05, 0) is 35.9 Å². The van der Waals surface area contributed by atoms with E-state index in [9.17, 15) is 20.2 Å². The van der Waals surface area contributed by atoms with Crippen LogP contribution in [-0.2, 0) is 4.79 Å². The average Bonchev–Trinajstić information content (AvgIpc) is 2.66. The maximum Gasteiger partial charge on any atom is 0.296 e. The van der Waals surface area contributed by atoms with Crippen molar-refractivity contribution in [2.45, 2.75) is 0 Å². The molecule has 0 atom stereocenters. The molecule has 0 aromatic heterocycles. The highest BCUT2D eigenvalue weighted by molar-refractivity contribution is 6.10. The molecule has 8 heteroatoms. The molecule has 0 spiro atoms. The first kappa shape index (κ1) is 18.5. The van der Waals surface area contributed by atoms with Gasteiger partial charge in [0.2, 0.25) is 0 Å². The Morgan fingerprint density at radius 3 is 2.31 bits per heavy atom. The molecule has 1 N–H and O–H groups in total. The van der Waals surface area contributed by atoms with Crippen LogP contribution in [0, 0.1) is 21.4 Å². The topological polar surface area (TPSA) is 114 Å². The summed E-state index contributed by atoms with van der Waals surface area (Å²) >= 11 is 0. The molecular formula is C18H15N3O5. The molecule has 2 rings (SSSR count). The van der Waals surface area contributed by atoms with E-state index in [4.69, 9.17) is 9.47 Å². The number of nitro groups is 1. The number of rotatable bonds is 6. The van der Waals surface area contributed by atoms with Crippen molar-refractivity contribution >= 4 is 23.4 Å². The third-order valence-electron chi connectivity index (χ3n) is 3.44. The monoisotopic (exact) mass is 353 g/mol. The lowest BCUT2D eigenvalue weighted by Gasteiger charge is -2.07. The molecule has 0 unspecified atom stereocenters. The van der Waals surface area contributed by atoms with E-state index in [1.165, 1.54) is 38.5 Å². The number of amides is 1. The number of carbonyl (C=O) groups is 1. The zero-order chi connectivity index (χ0) is 19.1. The van der Waals surface area contributed by atoms with Crippen LogP contribution >= 0.6 is 0 Å². The number of anilines is 1. The molecule has 0 aliphatic heterocycles. The number of benzene rings is 2. The Balaban J connectivity index is 2.28. The smallest absolute Gasteiger partial charge is 0.296 e. The zero-order valence-corrected chi connectivity index (χ0v) is 14.1. The van der Waals surface area contributed by atoms with Crippen LogP contribution < -0.4 is 14.8 Å². The number of carbonyl (C=O) groups excluding carboxylic acids is 1. The third-order valence-corrected chi connectivity index (χ3v) is 3.44. The Labute approximate surface area is 149 Å². The minimum absolute atomic E-state index is 0.0309. The van der Waals surface area contributed by atoms with E-state index in [1.54, 1.807) is 30.3 Å². The van der Waals surface area contributed by atoms with E-state index in [1.807, 2.05) is 0 Å². The van der Waals surface area contributed by atoms with Gasteiger partial charge in [0.15, 0.2) is 0 Å². The summed E-state index contributed by atoms with van der Waals surface area (Å²) in [6, 6.07) is 12.5. The van der Waals surface area contributed by atoms with Crippen LogP contribution in [0.15, 0.2) is 48.0 Å². The Morgan fingerprint density at radius 1 is 1.15 bits per heavy atom. The van der Waals surface area contributed by atoms with E-state index < -0.39 is 10.8 Å². The molecule has 0 aliphatic rings. The lowest BCUT2D eigenvalue weighted by atomic mass is 10.1. The third kappa shape index (κ3) is 4.36. The standard InChI is InChI=1S/C18H15N3O5/c1-25-14-5-3-12(4-6-14)9-13(11-19)18(22)20-16-8-7-15(26-2)10-17(16)21(23)24/h3-10H,1-2H3,(H,20,22)/b13-9+. The molecule has 0 radical (unpaired) electrons. The molecule has 0 heterocycles. The molecule has 2 aromatic rings. The molecule has 0 saturated carbocycles. The fraction of sp³-hybridized carbons (Fsp3) is 0.111. The van der Waals surface area contributed by atoms with Crippen molar-refractivity contribution in [3.8, 4) is 17.6 Å². The summed E-state index contributed by atoms with van der Waals surface area (Å²) in [6.45, 7) is 0. The van der Waals surface area contributed by atoms with Crippen LogP contribution in [0.5, 0.6) is 11.5 Å². The fourth-order valence-corrected chi connectivity index (χ4v) is 2.10. The first-order valence-corrected chi connectivity index (χ1v) is 7.38. The number of hydrogen-bond acceptors (Lipinski definition) is 6. The number of nitro benzene ring substituents is 1. The molecule has 0 aliphatic carbocycles. The molecule has 0 fully saturated rings. The van der Waals surface area contributed by atoms with E-state index in [0.29, 0.717) is 11.3 Å². The summed E-state index contributed by atoms with van der Waals surface area (Å²) in [5.41, 5.74) is 0.0538. The van der Waals surface area contributed by atoms with Crippen molar-refractivity contribution in [3.05, 3.63) is 63.7 Å². The van der Waals surface area contributed by atoms with Crippen molar-refractivity contribution in [1.29, 1.82) is 5.26 Å². The first-order valence-electron chi connectivity index (χ1n) is 7.38. The Bertz CT molecular complexity index is 898. The molecule has 0 saturated heterocycles. The first-order chi connectivity index (χ1) is 12.5. The zero-order valence-electron chi connectivity index (χ0n) is 14.1. The molecule has 132 valence electrons. The van der Waals surface area contributed by atoms with Gasteiger partial charge in [0.1, 0.15) is 28.8 Å². The normalized spacial score (nSPS) is 10.6. The van der Waals surface area contributed by atoms with Gasteiger partial charge in [-0.15, -0.1) is 0 Å². The molecule has 0 bridgehead atoms. The van der Waals surface area contributed by atoms with E-state index in [2.05, 4.69) is 5.32 Å². The second-order valence-electron chi connectivity index (χ2n) is 5.04. The lowest BCUT2D eigenvalue weighted by Crippen LogP contribution is -2.14. The molecule has 2 aromatic carbocycles. The van der Waals surface area contributed by atoms with Crippen LogP contribution in [0.1, 0.15) is 5.56 Å². The maximum atomic E-state index is 12.3. The molecule has 1 amide bonds. The van der Waals surface area contributed by atoms with Crippen LogP contribution in [-0.4, -0.2) is 25.1 Å². The average molecular weight is 353 g/mol. The minimum Gasteiger partial charge on any atom is -0.497 e. The largest absolute Gasteiger partial charge is 0.497 e. The Kier molecular flexibility index (Phi) is 5.90. The summed E-state index contributed by atoms with van der Waals surface area (Å²) in [5, 5.41) is 22.8. The number of nitriles is 1. The van der Waals surface area contributed by atoms with Crippen molar-refractivity contribution in [3.63, 3.8) is 0 Å².